The molecule has 2 amide bonds. The number of amides is 2. The van der Waals surface area contributed by atoms with E-state index in [9.17, 15) is 14.9 Å². The average molecular weight is 403 g/mol. The number of likely N-dealkylation sites (N-methyl/N-ethyl adjacent to an activating group) is 1. The van der Waals surface area contributed by atoms with Gasteiger partial charge in [-0.1, -0.05) is 15.5 Å². The van der Waals surface area contributed by atoms with Gasteiger partial charge in [0.05, 0.1) is 17.5 Å². The topological polar surface area (TPSA) is 82.9 Å². The maximum Gasteiger partial charge on any atom is 0.261 e. The molecule has 3 fully saturated rings. The van der Waals surface area contributed by atoms with Crippen molar-refractivity contribution in [3.63, 3.8) is 0 Å². The molecular weight excluding hydrogens is 386 g/mol. The van der Waals surface area contributed by atoms with Gasteiger partial charge in [-0.25, -0.2) is 0 Å². The van der Waals surface area contributed by atoms with Crippen LogP contribution in [0.5, 0.6) is 11.5 Å². The summed E-state index contributed by atoms with van der Waals surface area (Å²) in [6.07, 6.45) is 0.243. The van der Waals surface area contributed by atoms with E-state index in [0.717, 1.165) is 5.56 Å². The van der Waals surface area contributed by atoms with Crippen LogP contribution in [0, 0.1) is 16.7 Å². The van der Waals surface area contributed by atoms with Gasteiger partial charge in [0.1, 0.15) is 0 Å². The molecule has 2 bridgehead atoms. The predicted octanol–water partition coefficient (Wildman–Crippen LogP) is 1.20. The highest BCUT2D eigenvalue weighted by Crippen LogP contribution is 2.65. The third-order valence-corrected chi connectivity index (χ3v) is 10.5. The number of piperazine rings is 1. The lowest BCUT2D eigenvalue weighted by atomic mass is 9.79. The van der Waals surface area contributed by atoms with Crippen LogP contribution >= 0.6 is 0 Å². The van der Waals surface area contributed by atoms with E-state index in [-0.39, 0.29) is 25.0 Å². The molecule has 4 aliphatic heterocycles. The van der Waals surface area contributed by atoms with E-state index in [2.05, 4.69) is 6.07 Å². The first-order valence-electron chi connectivity index (χ1n) is 8.56. The molecule has 0 radical (unpaired) electrons. The fourth-order valence-electron chi connectivity index (χ4n) is 4.92. The van der Waals surface area contributed by atoms with Gasteiger partial charge < -0.3 is 19.3 Å². The summed E-state index contributed by atoms with van der Waals surface area (Å²) in [5.41, 5.74) is -0.178. The second-order valence-corrected chi connectivity index (χ2v) is 10.8. The highest BCUT2D eigenvalue weighted by Gasteiger charge is 2.80. The number of nitrogens with zero attached hydrogens (tertiary/aromatic N) is 3. The maximum absolute atomic E-state index is 13.5. The largest absolute Gasteiger partial charge is 0.454 e. The van der Waals surface area contributed by atoms with Crippen LogP contribution in [-0.2, 0) is 30.2 Å². The molecule has 5 rings (SSSR count). The molecule has 140 valence electrons. The molecule has 0 N–H and O–H groups in total. The van der Waals surface area contributed by atoms with Crippen LogP contribution in [0.1, 0.15) is 31.9 Å². The van der Waals surface area contributed by atoms with E-state index in [1.54, 1.807) is 37.9 Å². The maximum atomic E-state index is 13.5. The third kappa shape index (κ3) is 1.61. The van der Waals surface area contributed by atoms with Crippen LogP contribution in [0.2, 0.25) is 0 Å². The van der Waals surface area contributed by atoms with Crippen LogP contribution in [0.25, 0.3) is 0 Å². The summed E-state index contributed by atoms with van der Waals surface area (Å²) >= 11 is 5.76. The minimum absolute atomic E-state index is 0.141. The summed E-state index contributed by atoms with van der Waals surface area (Å²) in [5, 5.41) is 10.0. The molecule has 1 aromatic rings. The minimum Gasteiger partial charge on any atom is -0.454 e. The molecule has 4 heterocycles. The number of ether oxygens (including phenoxy) is 2. The molecule has 7 nitrogen and oxygen atoms in total. The number of nitriles is 1. The van der Waals surface area contributed by atoms with Gasteiger partial charge in [0.25, 0.3) is 11.8 Å². The molecule has 0 saturated carbocycles. The Morgan fingerprint density at radius 2 is 1.96 bits per heavy atom. The van der Waals surface area contributed by atoms with Gasteiger partial charge >= 0.3 is 0 Å². The highest BCUT2D eigenvalue weighted by atomic mass is 32.8. The third-order valence-electron chi connectivity index (χ3n) is 6.39. The van der Waals surface area contributed by atoms with Gasteiger partial charge in [-0.15, -0.1) is 0 Å². The Bertz CT molecular complexity index is 1010. The lowest BCUT2D eigenvalue weighted by Gasteiger charge is -2.39. The first-order valence-corrected chi connectivity index (χ1v) is 10.7. The Hall–Kier alpha value is -2.18. The van der Waals surface area contributed by atoms with E-state index >= 15 is 0 Å². The fourth-order valence-corrected chi connectivity index (χ4v) is 8.44. The molecule has 0 aliphatic carbocycles. The number of benzene rings is 1. The Kier molecular flexibility index (Phi) is 3.02. The summed E-state index contributed by atoms with van der Waals surface area (Å²) in [5.74, 6) is 0.875. The smallest absolute Gasteiger partial charge is 0.261 e. The van der Waals surface area contributed by atoms with Crippen molar-refractivity contribution in [2.45, 2.75) is 36.1 Å². The van der Waals surface area contributed by atoms with Gasteiger partial charge in [0, 0.05) is 13.5 Å². The number of carbonyl (C=O) groups excluding carboxylic acids is 2. The molecule has 9 heteroatoms. The second kappa shape index (κ2) is 4.80. The van der Waals surface area contributed by atoms with Crippen molar-refractivity contribution in [2.24, 2.45) is 5.41 Å². The van der Waals surface area contributed by atoms with Crippen molar-refractivity contribution in [3.05, 3.63) is 23.8 Å². The molecule has 0 aromatic heterocycles. The Balaban J connectivity index is 1.73. The fraction of sp³-hybridized carbons (Fsp3) is 0.500. The second-order valence-electron chi connectivity index (χ2n) is 7.80. The lowest BCUT2D eigenvalue weighted by Crippen LogP contribution is -2.60. The van der Waals surface area contributed by atoms with Crippen molar-refractivity contribution < 1.29 is 19.1 Å². The normalized spacial score (nSPS) is 41.3. The summed E-state index contributed by atoms with van der Waals surface area (Å²) < 4.78 is 10.8. The summed E-state index contributed by atoms with van der Waals surface area (Å²) in [4.78, 5) is 27.6. The van der Waals surface area contributed by atoms with Crippen molar-refractivity contribution in [3.8, 4) is 17.6 Å². The van der Waals surface area contributed by atoms with E-state index < -0.39 is 30.7 Å². The molecule has 3 saturated heterocycles. The minimum atomic E-state index is -1.12. The summed E-state index contributed by atoms with van der Waals surface area (Å²) in [7, 11) is 0.689. The molecule has 1 aromatic carbocycles. The molecule has 27 heavy (non-hydrogen) atoms. The van der Waals surface area contributed by atoms with E-state index in [4.69, 9.17) is 20.7 Å². The zero-order chi connectivity index (χ0) is 19.4. The van der Waals surface area contributed by atoms with Crippen LogP contribution in [0.4, 0.5) is 0 Å². The van der Waals surface area contributed by atoms with Crippen molar-refractivity contribution in [1.82, 2.24) is 9.80 Å². The Morgan fingerprint density at radius 1 is 1.26 bits per heavy atom. The average Bonchev–Trinajstić information content (AvgIpc) is 3.31. The summed E-state index contributed by atoms with van der Waals surface area (Å²) in [6, 6.07) is 7.23. The van der Waals surface area contributed by atoms with Crippen LogP contribution in [-0.4, -0.2) is 45.2 Å². The van der Waals surface area contributed by atoms with Gasteiger partial charge in [0.15, 0.2) is 21.2 Å². The molecule has 1 unspecified atom stereocenters. The van der Waals surface area contributed by atoms with E-state index in [0.29, 0.717) is 11.5 Å². The number of carbonyl (C=O) groups is 2. The van der Waals surface area contributed by atoms with Crippen LogP contribution in [0.3, 0.4) is 0 Å². The van der Waals surface area contributed by atoms with Gasteiger partial charge in [-0.3, -0.25) is 9.59 Å². The molecular formula is C18H17N3O4S2. The zero-order valence-corrected chi connectivity index (χ0v) is 16.6. The predicted molar refractivity (Wildman–Crippen MR) is 99.1 cm³/mol. The molecule has 1 spiro atoms. The van der Waals surface area contributed by atoms with Crippen LogP contribution < -0.4 is 9.47 Å². The van der Waals surface area contributed by atoms with Gasteiger partial charge in [0.2, 0.25) is 6.79 Å². The SMILES string of the molecule is CN1C(=O)[C@]23C[C@](C)(C#N)[C@H](c4ccc5c(c4)OCO5)N2C(=O)[C@@]1(C)S3=S. The Morgan fingerprint density at radius 3 is 2.67 bits per heavy atom. The Labute approximate surface area is 163 Å². The quantitative estimate of drug-likeness (QED) is 0.701. The number of hydrogen-bond donors (Lipinski definition) is 0. The number of fused-ring (bicyclic) bond motifs is 2. The van der Waals surface area contributed by atoms with E-state index in [1.165, 1.54) is 4.90 Å². The van der Waals surface area contributed by atoms with Crippen molar-refractivity contribution >= 4 is 32.5 Å². The lowest BCUT2D eigenvalue weighted by molar-refractivity contribution is -0.159. The van der Waals surface area contributed by atoms with Gasteiger partial charge in [-0.05, 0) is 42.7 Å². The molecule has 4 aliphatic rings. The monoisotopic (exact) mass is 403 g/mol. The van der Waals surface area contributed by atoms with E-state index in [1.807, 2.05) is 6.07 Å². The first-order chi connectivity index (χ1) is 12.7. The van der Waals surface area contributed by atoms with Gasteiger partial charge in [-0.2, -0.15) is 5.26 Å². The standard InChI is InChI=1S/C18H17N3O4S2/c1-16(8-19)7-18-15(23)20(3)17(2,27(18)26)14(22)21(18)13(16)10-4-5-11-12(6-10)25-9-24-11/h4-6,13H,7,9H2,1-3H3/t13-,16+,17+,18+,27?/m0/s1. The number of hydrogen-bond acceptors (Lipinski definition) is 6. The van der Waals surface area contributed by atoms with Crippen molar-refractivity contribution in [1.29, 1.82) is 5.26 Å². The van der Waals surface area contributed by atoms with Crippen molar-refractivity contribution in [2.75, 3.05) is 13.8 Å². The number of rotatable bonds is 1. The zero-order valence-electron chi connectivity index (χ0n) is 15.0. The van der Waals surface area contributed by atoms with Crippen LogP contribution in [0.15, 0.2) is 18.2 Å². The molecule has 5 atom stereocenters. The highest BCUT2D eigenvalue weighted by molar-refractivity contribution is 8.31. The summed E-state index contributed by atoms with van der Waals surface area (Å²) in [6.45, 7) is 3.69. The first kappa shape index (κ1) is 17.0.